The molecule has 0 unspecified atom stereocenters. The van der Waals surface area contributed by atoms with Gasteiger partial charge in [0.15, 0.2) is 0 Å². The normalized spacial score (nSPS) is 12.4. The Morgan fingerprint density at radius 1 is 1.16 bits per heavy atom. The summed E-state index contributed by atoms with van der Waals surface area (Å²) in [5.41, 5.74) is 10.7. The second-order valence-electron chi connectivity index (χ2n) is 6.55. The minimum atomic E-state index is 0.0504. The zero-order valence-electron chi connectivity index (χ0n) is 12.6. The summed E-state index contributed by atoms with van der Waals surface area (Å²) in [6, 6.07) is 8.69. The molecule has 0 atom stereocenters. The molecule has 0 spiro atoms. The van der Waals surface area contributed by atoms with Gasteiger partial charge in [-0.15, -0.1) is 0 Å². The molecule has 19 heavy (non-hydrogen) atoms. The van der Waals surface area contributed by atoms with Gasteiger partial charge in [-0.1, -0.05) is 40.7 Å². The van der Waals surface area contributed by atoms with Gasteiger partial charge in [-0.3, -0.25) is 4.98 Å². The van der Waals surface area contributed by atoms with Crippen LogP contribution in [0.4, 0.5) is 0 Å². The van der Waals surface area contributed by atoms with Crippen molar-refractivity contribution < 1.29 is 0 Å². The summed E-state index contributed by atoms with van der Waals surface area (Å²) in [6.45, 7) is 11.5. The van der Waals surface area contributed by atoms with E-state index in [4.69, 9.17) is 10.7 Å². The van der Waals surface area contributed by atoms with E-state index in [1.165, 1.54) is 16.5 Å². The van der Waals surface area contributed by atoms with Crippen molar-refractivity contribution in [2.24, 2.45) is 5.73 Å². The molecule has 0 aliphatic heterocycles. The van der Waals surface area contributed by atoms with Gasteiger partial charge in [0.05, 0.1) is 5.52 Å². The summed E-state index contributed by atoms with van der Waals surface area (Å²) in [4.78, 5) is 4.80. The molecule has 0 aliphatic carbocycles. The summed E-state index contributed by atoms with van der Waals surface area (Å²) < 4.78 is 0. The van der Waals surface area contributed by atoms with Gasteiger partial charge in [0.25, 0.3) is 0 Å². The Hall–Kier alpha value is -1.41. The van der Waals surface area contributed by atoms with Crippen molar-refractivity contribution in [2.75, 3.05) is 0 Å². The summed E-state index contributed by atoms with van der Waals surface area (Å²) in [7, 11) is 0. The lowest BCUT2D eigenvalue weighted by Crippen LogP contribution is -2.15. The Morgan fingerprint density at radius 3 is 2.37 bits per heavy atom. The third-order valence-corrected chi connectivity index (χ3v) is 3.57. The fourth-order valence-corrected chi connectivity index (χ4v) is 2.23. The lowest BCUT2D eigenvalue weighted by Gasteiger charge is -2.20. The number of fused-ring (bicyclic) bond motifs is 1. The van der Waals surface area contributed by atoms with E-state index in [-0.39, 0.29) is 5.41 Å². The Morgan fingerprint density at radius 2 is 1.84 bits per heavy atom. The van der Waals surface area contributed by atoms with E-state index in [9.17, 15) is 0 Å². The highest BCUT2D eigenvalue weighted by Gasteiger charge is 2.17. The topological polar surface area (TPSA) is 38.9 Å². The van der Waals surface area contributed by atoms with Crippen LogP contribution in [0.3, 0.4) is 0 Å². The van der Waals surface area contributed by atoms with Gasteiger partial charge < -0.3 is 5.73 Å². The smallest absolute Gasteiger partial charge is 0.0709 e. The SMILES string of the molecule is CC(C)c1ccc2nc(C(C)(C)C)cc(CN)c2c1. The van der Waals surface area contributed by atoms with Crippen LogP contribution in [0.5, 0.6) is 0 Å². The second-order valence-corrected chi connectivity index (χ2v) is 6.55. The lowest BCUT2D eigenvalue weighted by atomic mass is 9.89. The number of hydrogen-bond donors (Lipinski definition) is 1. The first-order valence-corrected chi connectivity index (χ1v) is 6.97. The van der Waals surface area contributed by atoms with E-state index in [1.54, 1.807) is 0 Å². The Balaban J connectivity index is 2.70. The fraction of sp³-hybridized carbons (Fsp3) is 0.471. The maximum Gasteiger partial charge on any atom is 0.0709 e. The minimum absolute atomic E-state index is 0.0504. The fourth-order valence-electron chi connectivity index (χ4n) is 2.23. The molecule has 2 N–H and O–H groups in total. The van der Waals surface area contributed by atoms with Crippen LogP contribution in [0.25, 0.3) is 10.9 Å². The number of pyridine rings is 1. The Kier molecular flexibility index (Phi) is 3.64. The van der Waals surface area contributed by atoms with E-state index >= 15 is 0 Å². The van der Waals surface area contributed by atoms with Gasteiger partial charge in [0.2, 0.25) is 0 Å². The molecule has 0 bridgehead atoms. The van der Waals surface area contributed by atoms with Gasteiger partial charge in [-0.25, -0.2) is 0 Å². The molecule has 2 nitrogen and oxygen atoms in total. The van der Waals surface area contributed by atoms with E-state index in [2.05, 4.69) is 58.9 Å². The molecular weight excluding hydrogens is 232 g/mol. The summed E-state index contributed by atoms with van der Waals surface area (Å²) in [5, 5.41) is 1.20. The zero-order chi connectivity index (χ0) is 14.2. The zero-order valence-corrected chi connectivity index (χ0v) is 12.6. The van der Waals surface area contributed by atoms with Gasteiger partial charge in [-0.2, -0.15) is 0 Å². The van der Waals surface area contributed by atoms with Crippen molar-refractivity contribution in [1.29, 1.82) is 0 Å². The van der Waals surface area contributed by atoms with Crippen LogP contribution in [-0.4, -0.2) is 4.98 Å². The number of hydrogen-bond acceptors (Lipinski definition) is 2. The Bertz CT molecular complexity index is 592. The number of benzene rings is 1. The first-order valence-electron chi connectivity index (χ1n) is 6.97. The molecule has 0 fully saturated rings. The van der Waals surface area contributed by atoms with Gasteiger partial charge in [0, 0.05) is 23.0 Å². The van der Waals surface area contributed by atoms with Crippen LogP contribution in [0.1, 0.15) is 57.4 Å². The van der Waals surface area contributed by atoms with E-state index < -0.39 is 0 Å². The highest BCUT2D eigenvalue weighted by molar-refractivity contribution is 5.83. The molecule has 0 amide bonds. The predicted octanol–water partition coefficient (Wildman–Crippen LogP) is 4.11. The monoisotopic (exact) mass is 256 g/mol. The molecule has 0 saturated heterocycles. The van der Waals surface area contributed by atoms with Crippen molar-refractivity contribution in [3.8, 4) is 0 Å². The molecule has 2 heteroatoms. The molecule has 1 aromatic heterocycles. The van der Waals surface area contributed by atoms with E-state index in [1.807, 2.05) is 0 Å². The average Bonchev–Trinajstić information content (AvgIpc) is 2.35. The highest BCUT2D eigenvalue weighted by atomic mass is 14.7. The number of nitrogens with two attached hydrogens (primary N) is 1. The molecule has 102 valence electrons. The van der Waals surface area contributed by atoms with Crippen molar-refractivity contribution >= 4 is 10.9 Å². The van der Waals surface area contributed by atoms with Crippen LogP contribution in [-0.2, 0) is 12.0 Å². The van der Waals surface area contributed by atoms with Crippen LogP contribution in [0.15, 0.2) is 24.3 Å². The predicted molar refractivity (Wildman–Crippen MR) is 82.4 cm³/mol. The van der Waals surface area contributed by atoms with Crippen LogP contribution >= 0.6 is 0 Å². The number of nitrogens with zero attached hydrogens (tertiary/aromatic N) is 1. The summed E-state index contributed by atoms with van der Waals surface area (Å²) in [5.74, 6) is 0.525. The maximum atomic E-state index is 5.93. The highest BCUT2D eigenvalue weighted by Crippen LogP contribution is 2.28. The Labute approximate surface area is 116 Å². The van der Waals surface area contributed by atoms with Crippen molar-refractivity contribution in [2.45, 2.75) is 52.5 Å². The number of rotatable bonds is 2. The lowest BCUT2D eigenvalue weighted by molar-refractivity contribution is 0.570. The first-order chi connectivity index (χ1) is 8.82. The van der Waals surface area contributed by atoms with Crippen molar-refractivity contribution in [3.63, 3.8) is 0 Å². The molecule has 1 aromatic carbocycles. The largest absolute Gasteiger partial charge is 0.326 e. The molecule has 1 heterocycles. The average molecular weight is 256 g/mol. The van der Waals surface area contributed by atoms with Gasteiger partial charge in [0.1, 0.15) is 0 Å². The van der Waals surface area contributed by atoms with Crippen molar-refractivity contribution in [3.05, 3.63) is 41.1 Å². The van der Waals surface area contributed by atoms with Crippen molar-refractivity contribution in [1.82, 2.24) is 4.98 Å². The molecule has 0 radical (unpaired) electrons. The third kappa shape index (κ3) is 2.79. The molecule has 2 aromatic rings. The summed E-state index contributed by atoms with van der Waals surface area (Å²) >= 11 is 0. The summed E-state index contributed by atoms with van der Waals surface area (Å²) in [6.07, 6.45) is 0. The quantitative estimate of drug-likeness (QED) is 0.878. The molecule has 0 aliphatic rings. The standard InChI is InChI=1S/C17H24N2/c1-11(2)12-6-7-15-14(8-12)13(10-18)9-16(19-15)17(3,4)5/h6-9,11H,10,18H2,1-5H3. The second kappa shape index (κ2) is 4.93. The minimum Gasteiger partial charge on any atom is -0.326 e. The molecule has 2 rings (SSSR count). The van der Waals surface area contributed by atoms with E-state index in [0.717, 1.165) is 11.2 Å². The number of aromatic nitrogens is 1. The van der Waals surface area contributed by atoms with Gasteiger partial charge >= 0.3 is 0 Å². The maximum absolute atomic E-state index is 5.93. The first kappa shape index (κ1) is 14.0. The van der Waals surface area contributed by atoms with Crippen LogP contribution < -0.4 is 5.73 Å². The van der Waals surface area contributed by atoms with Crippen LogP contribution in [0, 0.1) is 0 Å². The van der Waals surface area contributed by atoms with Gasteiger partial charge in [-0.05, 0) is 35.2 Å². The third-order valence-electron chi connectivity index (χ3n) is 3.57. The van der Waals surface area contributed by atoms with Crippen LogP contribution in [0.2, 0.25) is 0 Å². The molecule has 0 saturated carbocycles. The van der Waals surface area contributed by atoms with E-state index in [0.29, 0.717) is 12.5 Å². The molecular formula is C17H24N2.